The van der Waals surface area contributed by atoms with Crippen LogP contribution in [-0.4, -0.2) is 11.6 Å². The van der Waals surface area contributed by atoms with Gasteiger partial charge in [-0.15, -0.1) is 0 Å². The topological polar surface area (TPSA) is 3.24 Å². The van der Waals surface area contributed by atoms with Crippen LogP contribution in [0.1, 0.15) is 39.7 Å². The van der Waals surface area contributed by atoms with E-state index in [9.17, 15) is 4.39 Å². The van der Waals surface area contributed by atoms with Crippen LogP contribution in [-0.2, 0) is 6.42 Å². The molecule has 0 unspecified atom stereocenters. The fourth-order valence-corrected chi connectivity index (χ4v) is 2.85. The highest BCUT2D eigenvalue weighted by molar-refractivity contribution is 5.58. The molecule has 0 N–H and O–H groups in total. The van der Waals surface area contributed by atoms with E-state index in [1.807, 2.05) is 6.07 Å². The zero-order chi connectivity index (χ0) is 11.9. The Morgan fingerprint density at radius 3 is 2.62 bits per heavy atom. The van der Waals surface area contributed by atoms with Gasteiger partial charge in [-0.05, 0) is 64.3 Å². The average molecular weight is 221 g/mol. The number of rotatable bonds is 1. The summed E-state index contributed by atoms with van der Waals surface area (Å²) in [4.78, 5) is 2.41. The van der Waals surface area contributed by atoms with E-state index in [4.69, 9.17) is 0 Å². The summed E-state index contributed by atoms with van der Waals surface area (Å²) in [5, 5.41) is 0. The molecule has 0 aliphatic carbocycles. The van der Waals surface area contributed by atoms with Crippen molar-refractivity contribution in [3.8, 4) is 0 Å². The van der Waals surface area contributed by atoms with Crippen molar-refractivity contribution < 1.29 is 4.39 Å². The minimum Gasteiger partial charge on any atom is -0.364 e. The second kappa shape index (κ2) is 3.76. The Labute approximate surface area is 97.3 Å². The van der Waals surface area contributed by atoms with Crippen LogP contribution in [0.25, 0.3) is 0 Å². The first-order chi connectivity index (χ1) is 7.42. The van der Waals surface area contributed by atoms with E-state index in [0.29, 0.717) is 6.04 Å². The molecule has 1 aliphatic heterocycles. The third-order valence-electron chi connectivity index (χ3n) is 3.48. The molecule has 0 saturated heterocycles. The fourth-order valence-electron chi connectivity index (χ4n) is 2.85. The summed E-state index contributed by atoms with van der Waals surface area (Å²) >= 11 is 0. The summed E-state index contributed by atoms with van der Waals surface area (Å²) in [5.41, 5.74) is 2.51. The molecule has 0 amide bonds. The van der Waals surface area contributed by atoms with Gasteiger partial charge in [-0.3, -0.25) is 0 Å². The lowest BCUT2D eigenvalue weighted by Gasteiger charge is -2.47. The van der Waals surface area contributed by atoms with Gasteiger partial charge >= 0.3 is 0 Å². The summed E-state index contributed by atoms with van der Waals surface area (Å²) in [6, 6.07) is 5.61. The SMILES string of the molecule is CC(C)N1c2ccc(F)cc2CCC1(C)C. The lowest BCUT2D eigenvalue weighted by molar-refractivity contribution is 0.383. The first-order valence-corrected chi connectivity index (χ1v) is 5.99. The van der Waals surface area contributed by atoms with Crippen molar-refractivity contribution in [3.63, 3.8) is 0 Å². The van der Waals surface area contributed by atoms with Crippen LogP contribution < -0.4 is 4.90 Å². The Bertz CT molecular complexity index is 396. The molecule has 1 aromatic carbocycles. The number of anilines is 1. The van der Waals surface area contributed by atoms with Crippen molar-refractivity contribution in [3.05, 3.63) is 29.6 Å². The average Bonchev–Trinajstić information content (AvgIpc) is 2.16. The Hall–Kier alpha value is -1.05. The third-order valence-corrected chi connectivity index (χ3v) is 3.48. The van der Waals surface area contributed by atoms with E-state index in [-0.39, 0.29) is 11.4 Å². The van der Waals surface area contributed by atoms with E-state index < -0.39 is 0 Å². The highest BCUT2D eigenvalue weighted by Crippen LogP contribution is 2.38. The van der Waals surface area contributed by atoms with E-state index >= 15 is 0 Å². The number of hydrogen-bond donors (Lipinski definition) is 0. The first-order valence-electron chi connectivity index (χ1n) is 5.99. The predicted molar refractivity (Wildman–Crippen MR) is 66.4 cm³/mol. The van der Waals surface area contributed by atoms with Gasteiger partial charge in [-0.1, -0.05) is 0 Å². The van der Waals surface area contributed by atoms with Gasteiger partial charge in [-0.2, -0.15) is 0 Å². The summed E-state index contributed by atoms with van der Waals surface area (Å²) < 4.78 is 13.2. The second-order valence-corrected chi connectivity index (χ2v) is 5.55. The van der Waals surface area contributed by atoms with Crippen molar-refractivity contribution >= 4 is 5.69 Å². The van der Waals surface area contributed by atoms with Gasteiger partial charge in [0.1, 0.15) is 5.82 Å². The van der Waals surface area contributed by atoms with Crippen LogP contribution in [0.5, 0.6) is 0 Å². The van der Waals surface area contributed by atoms with Crippen molar-refractivity contribution in [1.82, 2.24) is 0 Å². The van der Waals surface area contributed by atoms with Crippen LogP contribution in [0.15, 0.2) is 18.2 Å². The Balaban J connectivity index is 2.50. The molecule has 1 aromatic rings. The zero-order valence-corrected chi connectivity index (χ0v) is 10.5. The van der Waals surface area contributed by atoms with Crippen molar-refractivity contribution in [1.29, 1.82) is 0 Å². The molecule has 0 bridgehead atoms. The Morgan fingerprint density at radius 1 is 1.31 bits per heavy atom. The van der Waals surface area contributed by atoms with Gasteiger partial charge in [0.25, 0.3) is 0 Å². The quantitative estimate of drug-likeness (QED) is 0.698. The molecule has 2 rings (SSSR count). The lowest BCUT2D eigenvalue weighted by atomic mass is 9.86. The molecule has 1 nitrogen and oxygen atoms in total. The van der Waals surface area contributed by atoms with Gasteiger partial charge < -0.3 is 4.90 Å². The summed E-state index contributed by atoms with van der Waals surface area (Å²) in [5.74, 6) is -0.123. The molecule has 2 heteroatoms. The monoisotopic (exact) mass is 221 g/mol. The van der Waals surface area contributed by atoms with Crippen LogP contribution in [0.4, 0.5) is 10.1 Å². The van der Waals surface area contributed by atoms with Gasteiger partial charge in [-0.25, -0.2) is 4.39 Å². The zero-order valence-electron chi connectivity index (χ0n) is 10.5. The lowest BCUT2D eigenvalue weighted by Crippen LogP contribution is -2.51. The predicted octanol–water partition coefficient (Wildman–Crippen LogP) is 3.77. The minimum atomic E-state index is -0.123. The molecule has 0 atom stereocenters. The molecular weight excluding hydrogens is 201 g/mol. The van der Waals surface area contributed by atoms with Gasteiger partial charge in [0, 0.05) is 17.3 Å². The normalized spacial score (nSPS) is 18.8. The number of nitrogens with zero attached hydrogens (tertiary/aromatic N) is 1. The van der Waals surface area contributed by atoms with E-state index in [0.717, 1.165) is 18.4 Å². The number of halogens is 1. The smallest absolute Gasteiger partial charge is 0.123 e. The largest absolute Gasteiger partial charge is 0.364 e. The van der Waals surface area contributed by atoms with E-state index in [1.165, 1.54) is 5.69 Å². The van der Waals surface area contributed by atoms with Crippen LogP contribution in [0.3, 0.4) is 0 Å². The van der Waals surface area contributed by atoms with Gasteiger partial charge in [0.2, 0.25) is 0 Å². The van der Waals surface area contributed by atoms with E-state index in [1.54, 1.807) is 12.1 Å². The summed E-state index contributed by atoms with van der Waals surface area (Å²) in [7, 11) is 0. The molecule has 0 spiro atoms. The molecule has 0 radical (unpaired) electrons. The molecule has 1 heterocycles. The number of fused-ring (bicyclic) bond motifs is 1. The third kappa shape index (κ3) is 1.81. The molecule has 0 saturated carbocycles. The van der Waals surface area contributed by atoms with Crippen molar-refractivity contribution in [2.24, 2.45) is 0 Å². The molecule has 1 aliphatic rings. The van der Waals surface area contributed by atoms with Crippen LogP contribution in [0, 0.1) is 5.82 Å². The molecule has 0 aromatic heterocycles. The molecule has 16 heavy (non-hydrogen) atoms. The highest BCUT2D eigenvalue weighted by Gasteiger charge is 2.34. The summed E-state index contributed by atoms with van der Waals surface area (Å²) in [6.07, 6.45) is 2.06. The highest BCUT2D eigenvalue weighted by atomic mass is 19.1. The summed E-state index contributed by atoms with van der Waals surface area (Å²) in [6.45, 7) is 8.92. The van der Waals surface area contributed by atoms with Crippen LogP contribution in [0.2, 0.25) is 0 Å². The molecule has 0 fully saturated rings. The van der Waals surface area contributed by atoms with Crippen LogP contribution >= 0.6 is 0 Å². The second-order valence-electron chi connectivity index (χ2n) is 5.55. The maximum atomic E-state index is 13.2. The van der Waals surface area contributed by atoms with Gasteiger partial charge in [0.15, 0.2) is 0 Å². The number of aryl methyl sites for hydroxylation is 1. The van der Waals surface area contributed by atoms with Crippen molar-refractivity contribution in [2.45, 2.75) is 52.1 Å². The Morgan fingerprint density at radius 2 is 2.00 bits per heavy atom. The van der Waals surface area contributed by atoms with Gasteiger partial charge in [0.05, 0.1) is 0 Å². The van der Waals surface area contributed by atoms with E-state index in [2.05, 4.69) is 32.6 Å². The maximum absolute atomic E-state index is 13.2. The number of hydrogen-bond acceptors (Lipinski definition) is 1. The first kappa shape index (κ1) is 11.4. The minimum absolute atomic E-state index is 0.123. The standard InChI is InChI=1S/C14H20FN/c1-10(2)16-13-6-5-12(15)9-11(13)7-8-14(16,3)4/h5-6,9-10H,7-8H2,1-4H3. The molecular formula is C14H20FN. The molecule has 88 valence electrons. The van der Waals surface area contributed by atoms with Crippen molar-refractivity contribution in [2.75, 3.05) is 4.90 Å². The Kier molecular flexibility index (Phi) is 2.69. The number of benzene rings is 1. The fraction of sp³-hybridized carbons (Fsp3) is 0.571. The maximum Gasteiger partial charge on any atom is 0.123 e.